The lowest BCUT2D eigenvalue weighted by molar-refractivity contribution is -0.154. The van der Waals surface area contributed by atoms with Gasteiger partial charge in [-0.05, 0) is 36.6 Å². The molecule has 5 rings (SSSR count). The maximum atomic E-state index is 13.4. The number of fused-ring (bicyclic) bond motifs is 3. The lowest BCUT2D eigenvalue weighted by atomic mass is 9.71. The third kappa shape index (κ3) is 3.32. The first-order chi connectivity index (χ1) is 15.6. The van der Waals surface area contributed by atoms with Crippen LogP contribution in [0.3, 0.4) is 0 Å². The molecule has 0 spiro atoms. The summed E-state index contributed by atoms with van der Waals surface area (Å²) in [7, 11) is 1.57. The Morgan fingerprint density at radius 2 is 1.81 bits per heavy atom. The Morgan fingerprint density at radius 1 is 1.09 bits per heavy atom. The fourth-order valence-corrected chi connectivity index (χ4v) is 5.70. The molecule has 7 nitrogen and oxygen atoms in total. The van der Waals surface area contributed by atoms with Crippen molar-refractivity contribution < 1.29 is 19.4 Å². The largest absolute Gasteiger partial charge is 0.495 e. The van der Waals surface area contributed by atoms with Crippen LogP contribution in [0, 0.1) is 5.92 Å². The second-order valence-corrected chi connectivity index (χ2v) is 8.87. The number of carbonyl (C=O) groups is 2. The van der Waals surface area contributed by atoms with Crippen molar-refractivity contribution in [2.24, 2.45) is 5.92 Å². The van der Waals surface area contributed by atoms with E-state index < -0.39 is 0 Å². The van der Waals surface area contributed by atoms with Crippen LogP contribution in [0.25, 0.3) is 0 Å². The summed E-state index contributed by atoms with van der Waals surface area (Å²) in [6.07, 6.45) is 4.00. The first-order valence-electron chi connectivity index (χ1n) is 11.4. The van der Waals surface area contributed by atoms with E-state index >= 15 is 0 Å². The summed E-state index contributed by atoms with van der Waals surface area (Å²) >= 11 is 0. The van der Waals surface area contributed by atoms with E-state index in [1.54, 1.807) is 24.1 Å². The molecule has 0 aromatic heterocycles. The van der Waals surface area contributed by atoms with Gasteiger partial charge in [-0.25, -0.2) is 4.79 Å². The van der Waals surface area contributed by atoms with Crippen molar-refractivity contribution in [1.82, 2.24) is 4.90 Å². The van der Waals surface area contributed by atoms with Crippen molar-refractivity contribution in [2.75, 3.05) is 30.5 Å². The van der Waals surface area contributed by atoms with Crippen LogP contribution in [0.4, 0.5) is 16.2 Å². The van der Waals surface area contributed by atoms with Gasteiger partial charge in [-0.1, -0.05) is 43.2 Å². The van der Waals surface area contributed by atoms with Gasteiger partial charge in [0.05, 0.1) is 31.5 Å². The van der Waals surface area contributed by atoms with E-state index in [1.807, 2.05) is 41.3 Å². The van der Waals surface area contributed by atoms with Gasteiger partial charge in [0.1, 0.15) is 5.75 Å². The van der Waals surface area contributed by atoms with Gasteiger partial charge >= 0.3 is 6.03 Å². The topological polar surface area (TPSA) is 82.1 Å². The van der Waals surface area contributed by atoms with Gasteiger partial charge in [0, 0.05) is 24.1 Å². The van der Waals surface area contributed by atoms with Gasteiger partial charge < -0.3 is 20.1 Å². The lowest BCUT2D eigenvalue weighted by Gasteiger charge is -2.59. The molecule has 0 bridgehead atoms. The Morgan fingerprint density at radius 3 is 2.56 bits per heavy atom. The molecule has 2 aliphatic heterocycles. The van der Waals surface area contributed by atoms with Gasteiger partial charge in [-0.15, -0.1) is 0 Å². The van der Waals surface area contributed by atoms with E-state index in [0.717, 1.165) is 36.9 Å². The van der Waals surface area contributed by atoms with E-state index in [4.69, 9.17) is 4.74 Å². The Hall–Kier alpha value is -3.06. The smallest absolute Gasteiger partial charge is 0.326 e. The monoisotopic (exact) mass is 435 g/mol. The molecule has 3 aliphatic rings. The zero-order valence-electron chi connectivity index (χ0n) is 18.2. The van der Waals surface area contributed by atoms with E-state index in [9.17, 15) is 14.7 Å². The number of hydrogen-bond acceptors (Lipinski definition) is 4. The van der Waals surface area contributed by atoms with Crippen molar-refractivity contribution in [3.05, 3.63) is 54.1 Å². The van der Waals surface area contributed by atoms with Crippen molar-refractivity contribution in [1.29, 1.82) is 0 Å². The molecule has 3 atom stereocenters. The minimum Gasteiger partial charge on any atom is -0.495 e. The zero-order valence-corrected chi connectivity index (χ0v) is 18.2. The quantitative estimate of drug-likeness (QED) is 0.769. The Kier molecular flexibility index (Phi) is 5.51. The van der Waals surface area contributed by atoms with Crippen LogP contribution in [-0.4, -0.2) is 54.3 Å². The van der Waals surface area contributed by atoms with Gasteiger partial charge in [-0.3, -0.25) is 9.69 Å². The number of carbonyl (C=O) groups excluding carboxylic acids is 2. The number of aliphatic hydroxyl groups is 1. The summed E-state index contributed by atoms with van der Waals surface area (Å²) in [6.45, 7) is 0.332. The van der Waals surface area contributed by atoms with Crippen molar-refractivity contribution in [3.8, 4) is 5.75 Å². The first kappa shape index (κ1) is 20.8. The molecule has 3 amide bonds. The second kappa shape index (κ2) is 8.47. The number of benzene rings is 2. The van der Waals surface area contributed by atoms with E-state index in [0.29, 0.717) is 18.0 Å². The molecule has 2 aromatic carbocycles. The number of aliphatic hydroxyl groups excluding tert-OH is 1. The molecule has 168 valence electrons. The highest BCUT2D eigenvalue weighted by atomic mass is 16.5. The van der Waals surface area contributed by atoms with E-state index in [-0.39, 0.29) is 42.5 Å². The number of nitrogens with zero attached hydrogens (tertiary/aromatic N) is 2. The number of rotatable bonds is 4. The fraction of sp³-hybridized carbons (Fsp3) is 0.440. The third-order valence-electron chi connectivity index (χ3n) is 7.24. The summed E-state index contributed by atoms with van der Waals surface area (Å²) in [6, 6.07) is 14.5. The third-order valence-corrected chi connectivity index (χ3v) is 7.24. The number of nitrogens with one attached hydrogen (secondary N) is 1. The second-order valence-electron chi connectivity index (χ2n) is 8.87. The average Bonchev–Trinajstić information content (AvgIpc) is 3.35. The van der Waals surface area contributed by atoms with Crippen molar-refractivity contribution in [3.63, 3.8) is 0 Å². The maximum absolute atomic E-state index is 13.4. The number of methoxy groups -OCH3 is 1. The average molecular weight is 436 g/mol. The van der Waals surface area contributed by atoms with Crippen LogP contribution in [0.2, 0.25) is 0 Å². The molecule has 0 unspecified atom stereocenters. The highest BCUT2D eigenvalue weighted by Crippen LogP contribution is 2.49. The molecule has 2 heterocycles. The highest BCUT2D eigenvalue weighted by Gasteiger charge is 2.56. The highest BCUT2D eigenvalue weighted by molar-refractivity contribution is 6.04. The summed E-state index contributed by atoms with van der Waals surface area (Å²) in [5, 5.41) is 13.1. The Balaban J connectivity index is 1.45. The Labute approximate surface area is 188 Å². The molecular weight excluding hydrogens is 406 g/mol. The van der Waals surface area contributed by atoms with Crippen molar-refractivity contribution >= 4 is 23.3 Å². The molecule has 32 heavy (non-hydrogen) atoms. The molecule has 7 heteroatoms. The van der Waals surface area contributed by atoms with Crippen LogP contribution < -0.4 is 15.0 Å². The predicted octanol–water partition coefficient (Wildman–Crippen LogP) is 3.59. The first-order valence-corrected chi connectivity index (χ1v) is 11.4. The minimum absolute atomic E-state index is 0.0388. The zero-order chi connectivity index (χ0) is 22.2. The number of para-hydroxylation sites is 3. The van der Waals surface area contributed by atoms with Crippen LogP contribution in [0.1, 0.15) is 37.2 Å². The van der Waals surface area contributed by atoms with Gasteiger partial charge in [-0.2, -0.15) is 0 Å². The molecule has 2 N–H and O–H groups in total. The van der Waals surface area contributed by atoms with Gasteiger partial charge in [0.25, 0.3) is 0 Å². The molecule has 1 aliphatic carbocycles. The van der Waals surface area contributed by atoms with Crippen LogP contribution in [0.5, 0.6) is 5.75 Å². The summed E-state index contributed by atoms with van der Waals surface area (Å²) in [5.41, 5.74) is 2.43. The number of likely N-dealkylation sites (tertiary alicyclic amines) is 1. The molecule has 2 aromatic rings. The Bertz CT molecular complexity index is 1020. The van der Waals surface area contributed by atoms with E-state index in [1.165, 1.54) is 0 Å². The molecule has 1 saturated heterocycles. The molecule has 0 radical (unpaired) electrons. The number of anilines is 2. The lowest BCUT2D eigenvalue weighted by Crippen LogP contribution is -2.71. The van der Waals surface area contributed by atoms with E-state index in [2.05, 4.69) is 5.32 Å². The minimum atomic E-state index is -0.263. The van der Waals surface area contributed by atoms with Gasteiger partial charge in [0.2, 0.25) is 5.91 Å². The standard InChI is InChI=1S/C25H29N3O4/c1-32-22-13-7-5-11-18(22)26-25(31)27-14-20-23(17-10-4-6-12-19(17)27)21(15-29)28(20)24(30)16-8-2-3-9-16/h4-7,10-13,16,20-21,23,29H,2-3,8-9,14-15H2,1H3,(H,26,31)/t20-,21+,23+/m1/s1. The molecule has 1 saturated carbocycles. The normalized spacial score (nSPS) is 24.4. The fourth-order valence-electron chi connectivity index (χ4n) is 5.70. The molecular formula is C25H29N3O4. The van der Waals surface area contributed by atoms with Gasteiger partial charge in [0.15, 0.2) is 0 Å². The molecule has 2 fully saturated rings. The number of urea groups is 1. The van der Waals surface area contributed by atoms with Crippen LogP contribution in [0.15, 0.2) is 48.5 Å². The maximum Gasteiger partial charge on any atom is 0.326 e. The number of ether oxygens (including phenoxy) is 1. The SMILES string of the molecule is COc1ccccc1NC(=O)N1C[C@@H]2[C@H](c3ccccc31)[C@H](CO)N2C(=O)C1CCCC1. The summed E-state index contributed by atoms with van der Waals surface area (Å²) in [4.78, 5) is 30.2. The predicted molar refractivity (Wildman–Crippen MR) is 122 cm³/mol. The van der Waals surface area contributed by atoms with Crippen LogP contribution in [-0.2, 0) is 4.79 Å². The summed E-state index contributed by atoms with van der Waals surface area (Å²) < 4.78 is 5.37. The number of hydrogen-bond donors (Lipinski definition) is 2. The number of amides is 3. The van der Waals surface area contributed by atoms with Crippen LogP contribution >= 0.6 is 0 Å². The van der Waals surface area contributed by atoms with Crippen molar-refractivity contribution in [2.45, 2.75) is 43.7 Å². The summed E-state index contributed by atoms with van der Waals surface area (Å²) in [5.74, 6) is 0.799.